The smallest absolute Gasteiger partial charge is 0.306 e. The summed E-state index contributed by atoms with van der Waals surface area (Å²) in [6, 6.07) is 0.478. The molecule has 1 saturated carbocycles. The number of methoxy groups -OCH3 is 2. The molecule has 0 aromatic heterocycles. The summed E-state index contributed by atoms with van der Waals surface area (Å²) in [4.78, 5) is 13.3. The molecular weight excluding hydrogens is 234 g/mol. The number of hydrogen-bond acceptors (Lipinski definition) is 4. The van der Waals surface area contributed by atoms with Crippen LogP contribution in [0.4, 0.5) is 0 Å². The Bertz CT molecular complexity index is 231. The van der Waals surface area contributed by atoms with E-state index in [1.54, 1.807) is 14.2 Å². The Morgan fingerprint density at radius 1 is 1.11 bits per heavy atom. The first-order valence-corrected chi connectivity index (χ1v) is 6.63. The van der Waals surface area contributed by atoms with Crippen LogP contribution in [0.5, 0.6) is 0 Å². The van der Waals surface area contributed by atoms with E-state index in [0.717, 1.165) is 38.8 Å². The van der Waals surface area contributed by atoms with Gasteiger partial charge in [-0.25, -0.2) is 0 Å². The third-order valence-corrected chi connectivity index (χ3v) is 3.73. The zero-order valence-electron chi connectivity index (χ0n) is 11.4. The van der Waals surface area contributed by atoms with Gasteiger partial charge in [-0.1, -0.05) is 0 Å². The summed E-state index contributed by atoms with van der Waals surface area (Å²) >= 11 is 0. The highest BCUT2D eigenvalue weighted by molar-refractivity contribution is 5.70. The lowest BCUT2D eigenvalue weighted by Gasteiger charge is -2.35. The molecule has 0 aliphatic heterocycles. The molecule has 0 heterocycles. The van der Waals surface area contributed by atoms with Gasteiger partial charge in [0.1, 0.15) is 0 Å². The average molecular weight is 259 g/mol. The van der Waals surface area contributed by atoms with Gasteiger partial charge in [-0.15, -0.1) is 0 Å². The van der Waals surface area contributed by atoms with Crippen molar-refractivity contribution in [3.63, 3.8) is 0 Å². The van der Waals surface area contributed by atoms with Crippen molar-refractivity contribution in [3.05, 3.63) is 0 Å². The van der Waals surface area contributed by atoms with Gasteiger partial charge in [-0.2, -0.15) is 0 Å². The predicted octanol–water partition coefficient (Wildman–Crippen LogP) is 1.22. The molecule has 106 valence electrons. The first-order valence-electron chi connectivity index (χ1n) is 6.63. The number of rotatable bonds is 8. The third kappa shape index (κ3) is 4.92. The van der Waals surface area contributed by atoms with E-state index >= 15 is 0 Å². The van der Waals surface area contributed by atoms with Gasteiger partial charge in [0, 0.05) is 33.4 Å². The van der Waals surface area contributed by atoms with Crippen LogP contribution in [0.3, 0.4) is 0 Å². The summed E-state index contributed by atoms with van der Waals surface area (Å²) in [5, 5.41) is 8.99. The summed E-state index contributed by atoms with van der Waals surface area (Å²) in [6.07, 6.45) is 3.50. The van der Waals surface area contributed by atoms with E-state index in [-0.39, 0.29) is 5.92 Å². The van der Waals surface area contributed by atoms with Crippen LogP contribution in [-0.4, -0.2) is 62.5 Å². The molecule has 0 radical (unpaired) electrons. The minimum atomic E-state index is -0.645. The SMILES string of the molecule is COCCN(CCOC)C1CCC(C(=O)O)CC1. The summed E-state index contributed by atoms with van der Waals surface area (Å²) in [5.74, 6) is -0.790. The number of carboxylic acids is 1. The van der Waals surface area contributed by atoms with Gasteiger partial charge in [-0.3, -0.25) is 9.69 Å². The lowest BCUT2D eigenvalue weighted by Crippen LogP contribution is -2.42. The second-order valence-corrected chi connectivity index (χ2v) is 4.87. The van der Waals surface area contributed by atoms with Gasteiger partial charge in [0.05, 0.1) is 19.1 Å². The molecule has 0 aromatic carbocycles. The molecule has 0 aromatic rings. The standard InChI is InChI=1S/C13H25NO4/c1-17-9-7-14(8-10-18-2)12-5-3-11(4-6-12)13(15)16/h11-12H,3-10H2,1-2H3,(H,15,16). The van der Waals surface area contributed by atoms with E-state index < -0.39 is 5.97 Å². The maximum atomic E-state index is 10.9. The van der Waals surface area contributed by atoms with E-state index in [9.17, 15) is 4.79 Å². The van der Waals surface area contributed by atoms with Gasteiger partial charge in [0.25, 0.3) is 0 Å². The van der Waals surface area contributed by atoms with Gasteiger partial charge >= 0.3 is 5.97 Å². The van der Waals surface area contributed by atoms with Gasteiger partial charge < -0.3 is 14.6 Å². The largest absolute Gasteiger partial charge is 0.481 e. The quantitative estimate of drug-likeness (QED) is 0.710. The Labute approximate surface area is 109 Å². The minimum absolute atomic E-state index is 0.145. The predicted molar refractivity (Wildman–Crippen MR) is 68.7 cm³/mol. The van der Waals surface area contributed by atoms with Gasteiger partial charge in [-0.05, 0) is 25.7 Å². The summed E-state index contributed by atoms with van der Waals surface area (Å²) in [6.45, 7) is 3.20. The van der Waals surface area contributed by atoms with Gasteiger partial charge in [0.2, 0.25) is 0 Å². The number of aliphatic carboxylic acids is 1. The highest BCUT2D eigenvalue weighted by Crippen LogP contribution is 2.27. The van der Waals surface area contributed by atoms with Crippen LogP contribution < -0.4 is 0 Å². The second-order valence-electron chi connectivity index (χ2n) is 4.87. The van der Waals surface area contributed by atoms with Crippen LogP contribution in [0.2, 0.25) is 0 Å². The Morgan fingerprint density at radius 2 is 1.61 bits per heavy atom. The summed E-state index contributed by atoms with van der Waals surface area (Å²) in [5.41, 5.74) is 0. The molecule has 1 aliphatic carbocycles. The Morgan fingerprint density at radius 3 is 2.00 bits per heavy atom. The minimum Gasteiger partial charge on any atom is -0.481 e. The Hall–Kier alpha value is -0.650. The Kier molecular flexibility index (Phi) is 7.23. The van der Waals surface area contributed by atoms with E-state index in [1.807, 2.05) is 0 Å². The molecule has 0 bridgehead atoms. The maximum Gasteiger partial charge on any atom is 0.306 e. The van der Waals surface area contributed by atoms with Crippen LogP contribution >= 0.6 is 0 Å². The van der Waals surface area contributed by atoms with Gasteiger partial charge in [0.15, 0.2) is 0 Å². The van der Waals surface area contributed by atoms with E-state index in [1.165, 1.54) is 0 Å². The molecule has 0 amide bonds. The van der Waals surface area contributed by atoms with Crippen LogP contribution in [0.1, 0.15) is 25.7 Å². The normalized spacial score (nSPS) is 24.4. The molecule has 0 unspecified atom stereocenters. The zero-order chi connectivity index (χ0) is 13.4. The number of ether oxygens (including phenoxy) is 2. The molecule has 5 heteroatoms. The maximum absolute atomic E-state index is 10.9. The fourth-order valence-corrected chi connectivity index (χ4v) is 2.58. The highest BCUT2D eigenvalue weighted by atomic mass is 16.5. The van der Waals surface area contributed by atoms with Crippen molar-refractivity contribution in [2.75, 3.05) is 40.5 Å². The van der Waals surface area contributed by atoms with Crippen molar-refractivity contribution >= 4 is 5.97 Å². The lowest BCUT2D eigenvalue weighted by atomic mass is 9.85. The van der Waals surface area contributed by atoms with Crippen molar-refractivity contribution < 1.29 is 19.4 Å². The van der Waals surface area contributed by atoms with Crippen LogP contribution in [0.15, 0.2) is 0 Å². The molecule has 0 saturated heterocycles. The third-order valence-electron chi connectivity index (χ3n) is 3.73. The average Bonchev–Trinajstić information content (AvgIpc) is 2.39. The van der Waals surface area contributed by atoms with Crippen molar-refractivity contribution in [2.45, 2.75) is 31.7 Å². The second kappa shape index (κ2) is 8.45. The van der Waals surface area contributed by atoms with Crippen molar-refractivity contribution in [1.82, 2.24) is 4.90 Å². The molecule has 0 spiro atoms. The van der Waals surface area contributed by atoms with Crippen molar-refractivity contribution in [3.8, 4) is 0 Å². The number of nitrogens with zero attached hydrogens (tertiary/aromatic N) is 1. The topological polar surface area (TPSA) is 59.0 Å². The first kappa shape index (κ1) is 15.4. The molecule has 5 nitrogen and oxygen atoms in total. The fraction of sp³-hybridized carbons (Fsp3) is 0.923. The lowest BCUT2D eigenvalue weighted by molar-refractivity contribution is -0.143. The van der Waals surface area contributed by atoms with Crippen LogP contribution in [0, 0.1) is 5.92 Å². The van der Waals surface area contributed by atoms with E-state index in [4.69, 9.17) is 14.6 Å². The molecule has 18 heavy (non-hydrogen) atoms. The number of carbonyl (C=O) groups is 1. The van der Waals surface area contributed by atoms with Crippen molar-refractivity contribution in [2.24, 2.45) is 5.92 Å². The highest BCUT2D eigenvalue weighted by Gasteiger charge is 2.28. The van der Waals surface area contributed by atoms with Crippen molar-refractivity contribution in [1.29, 1.82) is 0 Å². The molecule has 1 N–H and O–H groups in total. The monoisotopic (exact) mass is 259 g/mol. The molecule has 1 aliphatic rings. The van der Waals surface area contributed by atoms with Crippen LogP contribution in [-0.2, 0) is 14.3 Å². The molecule has 1 fully saturated rings. The molecule has 1 rings (SSSR count). The summed E-state index contributed by atoms with van der Waals surface area (Å²) in [7, 11) is 3.41. The first-order chi connectivity index (χ1) is 8.69. The van der Waals surface area contributed by atoms with E-state index in [0.29, 0.717) is 19.3 Å². The molecule has 0 atom stereocenters. The number of hydrogen-bond donors (Lipinski definition) is 1. The molecular formula is C13H25NO4. The summed E-state index contributed by atoms with van der Waals surface area (Å²) < 4.78 is 10.3. The van der Waals surface area contributed by atoms with E-state index in [2.05, 4.69) is 4.90 Å². The Balaban J connectivity index is 2.40. The van der Waals surface area contributed by atoms with Crippen LogP contribution in [0.25, 0.3) is 0 Å². The number of carboxylic acid groups (broad SMARTS) is 1. The zero-order valence-corrected chi connectivity index (χ0v) is 11.4. The fourth-order valence-electron chi connectivity index (χ4n) is 2.58.